The molecule has 0 radical (unpaired) electrons. The van der Waals surface area contributed by atoms with Crippen molar-refractivity contribution in [2.45, 2.75) is 26.7 Å². The summed E-state index contributed by atoms with van der Waals surface area (Å²) in [5.41, 5.74) is 1.28. The lowest BCUT2D eigenvalue weighted by molar-refractivity contribution is 0.339. The van der Waals surface area contributed by atoms with Crippen LogP contribution < -0.4 is 0 Å². The molecule has 0 saturated heterocycles. The highest BCUT2D eigenvalue weighted by atomic mass is 19.2. The molecule has 0 aromatic heterocycles. The molecule has 0 fully saturated rings. The summed E-state index contributed by atoms with van der Waals surface area (Å²) in [6.45, 7) is 8.81. The summed E-state index contributed by atoms with van der Waals surface area (Å²) in [4.78, 5) is 2.34. The van der Waals surface area contributed by atoms with E-state index in [1.807, 2.05) is 0 Å². The van der Waals surface area contributed by atoms with Gasteiger partial charge in [0.15, 0.2) is 0 Å². The van der Waals surface area contributed by atoms with E-state index in [2.05, 4.69) is 32.4 Å². The smallest absolute Gasteiger partial charge is 0.118 e. The van der Waals surface area contributed by atoms with E-state index in [1.54, 1.807) is 0 Å². The molecular formula is C11H23F2N. The molecule has 0 unspecified atom stereocenters. The van der Waals surface area contributed by atoms with Gasteiger partial charge in [0.1, 0.15) is 13.3 Å². The maximum Gasteiger partial charge on any atom is 0.118 e. The van der Waals surface area contributed by atoms with Crippen molar-refractivity contribution in [3.63, 3.8) is 0 Å². The van der Waals surface area contributed by atoms with Gasteiger partial charge in [0, 0.05) is 6.54 Å². The van der Waals surface area contributed by atoms with Gasteiger partial charge in [-0.2, -0.15) is 0 Å². The van der Waals surface area contributed by atoms with E-state index in [1.165, 1.54) is 18.5 Å². The lowest BCUT2D eigenvalue weighted by atomic mass is 10.2. The lowest BCUT2D eigenvalue weighted by Gasteiger charge is -2.14. The number of alkyl halides is 2. The fourth-order valence-corrected chi connectivity index (χ4v) is 0.875. The zero-order valence-electron chi connectivity index (χ0n) is 9.65. The normalized spacial score (nSPS) is 9.57. The summed E-state index contributed by atoms with van der Waals surface area (Å²) in [6, 6.07) is 0. The molecule has 0 atom stereocenters. The van der Waals surface area contributed by atoms with Crippen LogP contribution in [0.4, 0.5) is 8.78 Å². The van der Waals surface area contributed by atoms with Gasteiger partial charge < -0.3 is 4.90 Å². The molecule has 0 aliphatic rings. The van der Waals surface area contributed by atoms with Gasteiger partial charge in [0.05, 0.1) is 0 Å². The first-order valence-corrected chi connectivity index (χ1v) is 5.03. The Bertz CT molecular complexity index is 124. The summed E-state index contributed by atoms with van der Waals surface area (Å²) in [6.07, 6.45) is 2.38. The topological polar surface area (TPSA) is 3.24 Å². The van der Waals surface area contributed by atoms with Crippen molar-refractivity contribution in [2.75, 3.05) is 33.5 Å². The van der Waals surface area contributed by atoms with Gasteiger partial charge in [-0.05, 0) is 33.4 Å². The van der Waals surface area contributed by atoms with Gasteiger partial charge in [-0.3, -0.25) is 0 Å². The second-order valence-electron chi connectivity index (χ2n) is 3.39. The zero-order valence-corrected chi connectivity index (χ0v) is 9.65. The molecule has 0 spiro atoms. The molecule has 1 nitrogen and oxygen atoms in total. The van der Waals surface area contributed by atoms with Crippen molar-refractivity contribution in [2.24, 2.45) is 0 Å². The van der Waals surface area contributed by atoms with Crippen LogP contribution in [0, 0.1) is 0 Å². The van der Waals surface area contributed by atoms with Gasteiger partial charge in [-0.15, -0.1) is 6.58 Å². The van der Waals surface area contributed by atoms with Crippen LogP contribution in [-0.4, -0.2) is 38.4 Å². The third-order valence-electron chi connectivity index (χ3n) is 1.60. The lowest BCUT2D eigenvalue weighted by Crippen LogP contribution is -2.20. The van der Waals surface area contributed by atoms with Crippen LogP contribution in [-0.2, 0) is 0 Å². The maximum absolute atomic E-state index is 10.3. The van der Waals surface area contributed by atoms with Crippen LogP contribution >= 0.6 is 0 Å². The van der Waals surface area contributed by atoms with Crippen LogP contribution in [0.2, 0.25) is 0 Å². The van der Waals surface area contributed by atoms with E-state index >= 15 is 0 Å². The number of nitrogens with zero attached hydrogens (tertiary/aromatic N) is 1. The Morgan fingerprint density at radius 3 is 2.00 bits per heavy atom. The van der Waals surface area contributed by atoms with Gasteiger partial charge >= 0.3 is 0 Å². The van der Waals surface area contributed by atoms with Crippen molar-refractivity contribution in [3.05, 3.63) is 12.2 Å². The van der Waals surface area contributed by atoms with Gasteiger partial charge in [-0.1, -0.05) is 12.5 Å². The largest absolute Gasteiger partial charge is 0.306 e. The third kappa shape index (κ3) is 17.6. The molecule has 0 aliphatic carbocycles. The Labute approximate surface area is 86.8 Å². The average Bonchev–Trinajstić information content (AvgIpc) is 2.16. The van der Waals surface area contributed by atoms with Gasteiger partial charge in [0.25, 0.3) is 0 Å². The summed E-state index contributed by atoms with van der Waals surface area (Å²) in [5.74, 6) is 0. The van der Waals surface area contributed by atoms with E-state index in [4.69, 9.17) is 0 Å². The minimum Gasteiger partial charge on any atom is -0.306 e. The average molecular weight is 207 g/mol. The Hall–Kier alpha value is -0.440. The number of rotatable bonds is 6. The van der Waals surface area contributed by atoms with Crippen molar-refractivity contribution >= 4 is 0 Å². The predicted molar refractivity (Wildman–Crippen MR) is 59.2 cm³/mol. The Kier molecular flexibility index (Phi) is 14.4. The van der Waals surface area contributed by atoms with Crippen LogP contribution in [0.5, 0.6) is 0 Å². The summed E-state index contributed by atoms with van der Waals surface area (Å²) < 4.78 is 20.7. The van der Waals surface area contributed by atoms with Crippen molar-refractivity contribution in [1.82, 2.24) is 4.90 Å². The first kappa shape index (κ1) is 16.0. The van der Waals surface area contributed by atoms with Gasteiger partial charge in [0.2, 0.25) is 0 Å². The van der Waals surface area contributed by atoms with E-state index in [-0.39, 0.29) is 0 Å². The highest BCUT2D eigenvalue weighted by Gasteiger charge is 1.94. The van der Waals surface area contributed by atoms with E-state index in [0.29, 0.717) is 0 Å². The second-order valence-corrected chi connectivity index (χ2v) is 3.39. The van der Waals surface area contributed by atoms with Crippen molar-refractivity contribution in [3.8, 4) is 0 Å². The molecule has 86 valence electrons. The first-order valence-electron chi connectivity index (χ1n) is 5.03. The van der Waals surface area contributed by atoms with Crippen LogP contribution in [0.3, 0.4) is 0 Å². The molecule has 3 heteroatoms. The summed E-state index contributed by atoms with van der Waals surface area (Å²) in [5, 5.41) is 0. The van der Waals surface area contributed by atoms with Crippen molar-refractivity contribution < 1.29 is 8.78 Å². The van der Waals surface area contributed by atoms with Gasteiger partial charge in [-0.25, -0.2) is 8.78 Å². The predicted octanol–water partition coefficient (Wildman–Crippen LogP) is 3.22. The molecule has 0 aromatic rings. The molecule has 0 N–H and O–H groups in total. The van der Waals surface area contributed by atoms with E-state index in [0.717, 1.165) is 13.0 Å². The minimum absolute atomic E-state index is 0.847. The van der Waals surface area contributed by atoms with Crippen molar-refractivity contribution in [1.29, 1.82) is 0 Å². The van der Waals surface area contributed by atoms with E-state index in [9.17, 15) is 8.78 Å². The Morgan fingerprint density at radius 2 is 1.71 bits per heavy atom. The SMILES string of the molecule is C=C(C)CCN(C)CCC.FCCF. The monoisotopic (exact) mass is 207 g/mol. The van der Waals surface area contributed by atoms with Crippen LogP contribution in [0.25, 0.3) is 0 Å². The second kappa shape index (κ2) is 12.6. The number of halogens is 2. The Balaban J connectivity index is 0. The highest BCUT2D eigenvalue weighted by molar-refractivity contribution is 4.88. The summed E-state index contributed by atoms with van der Waals surface area (Å²) in [7, 11) is 2.16. The number of hydrogen-bond acceptors (Lipinski definition) is 1. The standard InChI is InChI=1S/C9H19N.C2H4F2/c1-5-7-10(4)8-6-9(2)3;3-1-2-4/h2,5-8H2,1,3-4H3;1-2H2. The zero-order chi connectivity index (χ0) is 11.4. The summed E-state index contributed by atoms with van der Waals surface area (Å²) >= 11 is 0. The van der Waals surface area contributed by atoms with E-state index < -0.39 is 13.3 Å². The third-order valence-corrected chi connectivity index (χ3v) is 1.60. The number of hydrogen-bond donors (Lipinski definition) is 0. The Morgan fingerprint density at radius 1 is 1.21 bits per heavy atom. The molecule has 0 bridgehead atoms. The molecule has 0 saturated carbocycles. The fourth-order valence-electron chi connectivity index (χ4n) is 0.875. The minimum atomic E-state index is -0.847. The van der Waals surface area contributed by atoms with Crippen LogP contribution in [0.1, 0.15) is 26.7 Å². The highest BCUT2D eigenvalue weighted by Crippen LogP contribution is 1.97. The molecule has 0 amide bonds. The molecule has 14 heavy (non-hydrogen) atoms. The fraction of sp³-hybridized carbons (Fsp3) is 0.818. The maximum atomic E-state index is 10.3. The molecule has 0 aliphatic heterocycles. The molecule has 0 rings (SSSR count). The first-order chi connectivity index (χ1) is 6.58. The molecule has 0 aromatic carbocycles. The van der Waals surface area contributed by atoms with Crippen LogP contribution in [0.15, 0.2) is 12.2 Å². The quantitative estimate of drug-likeness (QED) is 0.604. The molecular weight excluding hydrogens is 184 g/mol. The molecule has 0 heterocycles.